The number of hydrogen-bond acceptors (Lipinski definition) is 8. The van der Waals surface area contributed by atoms with Gasteiger partial charge in [0.05, 0.1) is 5.75 Å². The molecule has 2 heterocycles. The minimum atomic E-state index is -3.96. The van der Waals surface area contributed by atoms with E-state index in [2.05, 4.69) is 19.9 Å². The summed E-state index contributed by atoms with van der Waals surface area (Å²) in [5.74, 6) is 4.89. The van der Waals surface area contributed by atoms with Gasteiger partial charge in [0.1, 0.15) is 0 Å². The van der Waals surface area contributed by atoms with E-state index in [4.69, 9.17) is 5.84 Å². The molecular weight excluding hydrogens is 340 g/mol. The van der Waals surface area contributed by atoms with Crippen molar-refractivity contribution >= 4 is 42.2 Å². The Labute approximate surface area is 125 Å². The van der Waals surface area contributed by atoms with E-state index in [0.29, 0.717) is 4.96 Å². The van der Waals surface area contributed by atoms with Crippen LogP contribution < -0.4 is 20.7 Å². The summed E-state index contributed by atoms with van der Waals surface area (Å²) in [4.78, 5) is 4.48. The summed E-state index contributed by atoms with van der Waals surface area (Å²) in [5.41, 5.74) is 2.22. The number of fused-ring (bicyclic) bond motifs is 1. The van der Waals surface area contributed by atoms with Crippen molar-refractivity contribution in [1.29, 1.82) is 0 Å². The van der Waals surface area contributed by atoms with Gasteiger partial charge in [0.25, 0.3) is 10.0 Å². The zero-order chi connectivity index (χ0) is 15.7. The van der Waals surface area contributed by atoms with E-state index in [1.165, 1.54) is 29.0 Å². The van der Waals surface area contributed by atoms with E-state index in [1.807, 2.05) is 0 Å². The van der Waals surface area contributed by atoms with Gasteiger partial charge in [-0.1, -0.05) is 0 Å². The molecule has 5 N–H and O–H groups in total. The number of nitrogens with one attached hydrogen (secondary N) is 3. The van der Waals surface area contributed by atoms with Gasteiger partial charge < -0.3 is 5.43 Å². The molecule has 0 aliphatic carbocycles. The predicted octanol–water partition coefficient (Wildman–Crippen LogP) is -1.49. The van der Waals surface area contributed by atoms with Crippen molar-refractivity contribution < 1.29 is 16.8 Å². The molecule has 118 valence electrons. The molecule has 10 nitrogen and oxygen atoms in total. The van der Waals surface area contributed by atoms with Crippen LogP contribution in [0.15, 0.2) is 16.6 Å². The molecule has 2 aromatic rings. The number of nitrogens with zero attached hydrogens (tertiary/aromatic N) is 2. The number of aromatic nitrogens is 2. The topological polar surface area (TPSA) is 148 Å². The number of sulfonamides is 2. The SMILES string of the molecule is CNS(=O)(=O)CCNS(=O)(=O)c1c(NN)nc2sccn12. The number of rotatable bonds is 7. The highest BCUT2D eigenvalue weighted by atomic mass is 32.2. The van der Waals surface area contributed by atoms with Crippen LogP contribution in [0.5, 0.6) is 0 Å². The van der Waals surface area contributed by atoms with E-state index in [9.17, 15) is 16.8 Å². The molecule has 0 saturated heterocycles. The molecule has 0 aliphatic heterocycles. The Hall–Kier alpha value is -1.25. The first-order valence-electron chi connectivity index (χ1n) is 5.64. The molecule has 0 fully saturated rings. The molecule has 0 aromatic carbocycles. The maximum atomic E-state index is 12.3. The quantitative estimate of drug-likeness (QED) is 0.350. The number of hydrogen-bond donors (Lipinski definition) is 4. The molecule has 0 atom stereocenters. The van der Waals surface area contributed by atoms with E-state index in [-0.39, 0.29) is 23.1 Å². The third-order valence-electron chi connectivity index (χ3n) is 2.58. The van der Waals surface area contributed by atoms with E-state index in [0.717, 1.165) is 0 Å². The molecule has 0 saturated carbocycles. The van der Waals surface area contributed by atoms with Crippen molar-refractivity contribution in [2.24, 2.45) is 5.84 Å². The Morgan fingerprint density at radius 1 is 1.38 bits per heavy atom. The Morgan fingerprint density at radius 3 is 2.71 bits per heavy atom. The number of thiazole rings is 1. The molecule has 2 aromatic heterocycles. The zero-order valence-electron chi connectivity index (χ0n) is 10.9. The van der Waals surface area contributed by atoms with Crippen LogP contribution in [0.25, 0.3) is 4.96 Å². The largest absolute Gasteiger partial charge is 0.306 e. The summed E-state index contributed by atoms with van der Waals surface area (Å²) >= 11 is 1.24. The van der Waals surface area contributed by atoms with Crippen LogP contribution >= 0.6 is 11.3 Å². The fourth-order valence-corrected chi connectivity index (χ4v) is 4.35. The summed E-state index contributed by atoms with van der Waals surface area (Å²) < 4.78 is 52.8. The van der Waals surface area contributed by atoms with E-state index < -0.39 is 20.0 Å². The molecule has 0 spiro atoms. The average molecular weight is 354 g/mol. The molecule has 0 bridgehead atoms. The number of nitrogens with two attached hydrogens (primary N) is 1. The van der Waals surface area contributed by atoms with Gasteiger partial charge in [-0.25, -0.2) is 32.1 Å². The second-order valence-electron chi connectivity index (χ2n) is 3.89. The lowest BCUT2D eigenvalue weighted by molar-refractivity contribution is 0.575. The monoisotopic (exact) mass is 354 g/mol. The van der Waals surface area contributed by atoms with Crippen molar-refractivity contribution in [3.05, 3.63) is 11.6 Å². The Bertz CT molecular complexity index is 837. The van der Waals surface area contributed by atoms with E-state index in [1.54, 1.807) is 5.38 Å². The average Bonchev–Trinajstić information content (AvgIpc) is 2.97. The highest BCUT2D eigenvalue weighted by Crippen LogP contribution is 2.24. The second kappa shape index (κ2) is 5.86. The second-order valence-corrected chi connectivity index (χ2v) is 8.49. The molecular formula is C8H14N6O4S3. The van der Waals surface area contributed by atoms with Crippen molar-refractivity contribution in [3.8, 4) is 0 Å². The van der Waals surface area contributed by atoms with Crippen LogP contribution in [0, 0.1) is 0 Å². The molecule has 0 aliphatic rings. The van der Waals surface area contributed by atoms with E-state index >= 15 is 0 Å². The van der Waals surface area contributed by atoms with Gasteiger partial charge in [0.15, 0.2) is 10.8 Å². The number of anilines is 1. The molecule has 0 unspecified atom stereocenters. The number of nitrogen functional groups attached to an aromatic ring is 1. The van der Waals surface area contributed by atoms with Gasteiger partial charge >= 0.3 is 0 Å². The van der Waals surface area contributed by atoms with Gasteiger partial charge in [-0.15, -0.1) is 11.3 Å². The minimum Gasteiger partial charge on any atom is -0.306 e. The zero-order valence-corrected chi connectivity index (χ0v) is 13.3. The van der Waals surface area contributed by atoms with Crippen molar-refractivity contribution in [2.75, 3.05) is 24.8 Å². The fraction of sp³-hybridized carbons (Fsp3) is 0.375. The van der Waals surface area contributed by atoms with Crippen molar-refractivity contribution in [1.82, 2.24) is 18.8 Å². The highest BCUT2D eigenvalue weighted by Gasteiger charge is 2.25. The van der Waals surface area contributed by atoms with Crippen molar-refractivity contribution in [2.45, 2.75) is 5.03 Å². The van der Waals surface area contributed by atoms with Crippen LogP contribution in [0.4, 0.5) is 5.82 Å². The van der Waals surface area contributed by atoms with Gasteiger partial charge in [0, 0.05) is 18.1 Å². The van der Waals surface area contributed by atoms with Gasteiger partial charge in [-0.3, -0.25) is 4.40 Å². The van der Waals surface area contributed by atoms with Crippen LogP contribution in [0.3, 0.4) is 0 Å². The molecule has 0 radical (unpaired) electrons. The Balaban J connectivity index is 2.27. The number of hydrazine groups is 1. The standard InChI is InChI=1S/C8H14N6O4S3/c1-10-20(15,16)5-2-11-21(17,18)7-6(13-9)12-8-14(7)3-4-19-8/h3-4,10-11,13H,2,5,9H2,1H3. The predicted molar refractivity (Wildman–Crippen MR) is 78.9 cm³/mol. The Morgan fingerprint density at radius 2 is 2.10 bits per heavy atom. The highest BCUT2D eigenvalue weighted by molar-refractivity contribution is 7.90. The first kappa shape index (κ1) is 16.1. The molecule has 2 rings (SSSR count). The van der Waals surface area contributed by atoms with Gasteiger partial charge in [0.2, 0.25) is 15.0 Å². The Kier molecular flexibility index (Phi) is 4.50. The third-order valence-corrected chi connectivity index (χ3v) is 6.19. The lowest BCUT2D eigenvalue weighted by atomic mass is 10.7. The third kappa shape index (κ3) is 3.33. The first-order valence-corrected chi connectivity index (χ1v) is 9.65. The normalized spacial score (nSPS) is 12.9. The van der Waals surface area contributed by atoms with Crippen LogP contribution in [0.1, 0.15) is 0 Å². The summed E-state index contributed by atoms with van der Waals surface area (Å²) in [6, 6.07) is 0. The van der Waals surface area contributed by atoms with Crippen LogP contribution in [0.2, 0.25) is 0 Å². The number of imidazole rings is 1. The summed E-state index contributed by atoms with van der Waals surface area (Å²) in [7, 11) is -6.20. The maximum absolute atomic E-state index is 12.3. The fourth-order valence-electron chi connectivity index (χ4n) is 1.60. The summed E-state index contributed by atoms with van der Waals surface area (Å²) in [5, 5.41) is 1.51. The smallest absolute Gasteiger partial charge is 0.260 e. The summed E-state index contributed by atoms with van der Waals surface area (Å²) in [6.45, 7) is -0.271. The molecule has 13 heteroatoms. The molecule has 0 amide bonds. The minimum absolute atomic E-state index is 0.00850. The van der Waals surface area contributed by atoms with Gasteiger partial charge in [-0.2, -0.15) is 4.98 Å². The van der Waals surface area contributed by atoms with Crippen LogP contribution in [-0.4, -0.2) is 45.6 Å². The van der Waals surface area contributed by atoms with Crippen LogP contribution in [-0.2, 0) is 20.0 Å². The lowest BCUT2D eigenvalue weighted by Gasteiger charge is -2.07. The molecule has 21 heavy (non-hydrogen) atoms. The summed E-state index contributed by atoms with van der Waals surface area (Å²) in [6.07, 6.45) is 1.53. The van der Waals surface area contributed by atoms with Gasteiger partial charge in [-0.05, 0) is 7.05 Å². The first-order chi connectivity index (χ1) is 9.80. The maximum Gasteiger partial charge on any atom is 0.260 e. The van der Waals surface area contributed by atoms with Crippen molar-refractivity contribution in [3.63, 3.8) is 0 Å². The lowest BCUT2D eigenvalue weighted by Crippen LogP contribution is -2.33.